The predicted molar refractivity (Wildman–Crippen MR) is 131 cm³/mol. The summed E-state index contributed by atoms with van der Waals surface area (Å²) in [5.74, 6) is 0. The molecular formula is C25H23BrN2O3S. The minimum atomic E-state index is -3.84. The molecule has 0 aliphatic heterocycles. The molecule has 4 rings (SSSR count). The lowest BCUT2D eigenvalue weighted by molar-refractivity contribution is 0.408. The highest BCUT2D eigenvalue weighted by molar-refractivity contribution is 9.10. The van der Waals surface area contributed by atoms with Gasteiger partial charge in [0.05, 0.1) is 10.4 Å². The zero-order chi connectivity index (χ0) is 22.7. The number of fused-ring (bicyclic) bond motifs is 1. The normalized spacial score (nSPS) is 11.8. The molecule has 32 heavy (non-hydrogen) atoms. The Morgan fingerprint density at radius 1 is 0.938 bits per heavy atom. The van der Waals surface area contributed by atoms with Crippen molar-refractivity contribution >= 4 is 36.9 Å². The maximum absolute atomic E-state index is 13.6. The zero-order valence-corrected chi connectivity index (χ0v) is 20.0. The molecule has 0 fully saturated rings. The van der Waals surface area contributed by atoms with E-state index in [1.165, 1.54) is 4.31 Å². The lowest BCUT2D eigenvalue weighted by atomic mass is 10.1. The van der Waals surface area contributed by atoms with Gasteiger partial charge in [-0.25, -0.2) is 8.42 Å². The van der Waals surface area contributed by atoms with Crippen molar-refractivity contribution in [3.63, 3.8) is 0 Å². The quantitative estimate of drug-likeness (QED) is 0.378. The Kier molecular flexibility index (Phi) is 6.60. The van der Waals surface area contributed by atoms with Gasteiger partial charge in [-0.15, -0.1) is 0 Å². The molecule has 1 aromatic heterocycles. The third kappa shape index (κ3) is 4.70. The molecule has 4 aromatic rings. The van der Waals surface area contributed by atoms with Crippen LogP contribution in [0.4, 0.5) is 0 Å². The first kappa shape index (κ1) is 22.5. The first-order chi connectivity index (χ1) is 15.4. The molecule has 1 N–H and O–H groups in total. The Balaban J connectivity index is 1.74. The second kappa shape index (κ2) is 9.40. The van der Waals surface area contributed by atoms with E-state index < -0.39 is 10.0 Å². The van der Waals surface area contributed by atoms with Crippen LogP contribution in [0.15, 0.2) is 93.0 Å². The first-order valence-electron chi connectivity index (χ1n) is 10.3. The lowest BCUT2D eigenvalue weighted by Crippen LogP contribution is -2.34. The van der Waals surface area contributed by atoms with Gasteiger partial charge in [0.15, 0.2) is 0 Å². The van der Waals surface area contributed by atoms with E-state index in [9.17, 15) is 13.2 Å². The van der Waals surface area contributed by atoms with Crippen LogP contribution in [0.1, 0.15) is 16.7 Å². The van der Waals surface area contributed by atoms with Gasteiger partial charge in [0, 0.05) is 23.1 Å². The van der Waals surface area contributed by atoms with Gasteiger partial charge in [-0.3, -0.25) is 4.79 Å². The number of para-hydroxylation sites is 1. The Labute approximate surface area is 195 Å². The monoisotopic (exact) mass is 510 g/mol. The number of sulfonamides is 1. The van der Waals surface area contributed by atoms with Crippen LogP contribution in [0.3, 0.4) is 0 Å². The van der Waals surface area contributed by atoms with Crippen molar-refractivity contribution in [1.29, 1.82) is 0 Å². The van der Waals surface area contributed by atoms with E-state index in [0.717, 1.165) is 22.0 Å². The molecular weight excluding hydrogens is 488 g/mol. The Morgan fingerprint density at radius 2 is 1.66 bits per heavy atom. The van der Waals surface area contributed by atoms with Gasteiger partial charge in [0.2, 0.25) is 10.0 Å². The Hall–Kier alpha value is -2.74. The van der Waals surface area contributed by atoms with Crippen molar-refractivity contribution in [1.82, 2.24) is 9.29 Å². The summed E-state index contributed by atoms with van der Waals surface area (Å²) in [4.78, 5) is 15.9. The highest BCUT2D eigenvalue weighted by Gasteiger charge is 2.27. The predicted octanol–water partition coefficient (Wildman–Crippen LogP) is 5.03. The molecule has 0 amide bonds. The number of halogens is 1. The molecule has 0 aliphatic carbocycles. The van der Waals surface area contributed by atoms with E-state index in [4.69, 9.17) is 0 Å². The summed E-state index contributed by atoms with van der Waals surface area (Å²) >= 11 is 3.36. The van der Waals surface area contributed by atoms with Crippen molar-refractivity contribution in [2.75, 3.05) is 6.54 Å². The molecule has 1 heterocycles. The van der Waals surface area contributed by atoms with Crippen molar-refractivity contribution in [2.45, 2.75) is 24.8 Å². The molecule has 0 spiro atoms. The number of benzene rings is 3. The number of aryl methyl sites for hydroxylation is 1. The van der Waals surface area contributed by atoms with E-state index in [2.05, 4.69) is 20.9 Å². The molecule has 0 saturated heterocycles. The van der Waals surface area contributed by atoms with Crippen LogP contribution >= 0.6 is 15.9 Å². The number of nitrogens with zero attached hydrogens (tertiary/aromatic N) is 1. The van der Waals surface area contributed by atoms with E-state index in [1.54, 1.807) is 30.3 Å². The van der Waals surface area contributed by atoms with E-state index >= 15 is 0 Å². The van der Waals surface area contributed by atoms with Crippen LogP contribution in [0.2, 0.25) is 0 Å². The molecule has 164 valence electrons. The number of aromatic nitrogens is 1. The van der Waals surface area contributed by atoms with Crippen molar-refractivity contribution in [3.8, 4) is 0 Å². The molecule has 0 bridgehead atoms. The molecule has 0 unspecified atom stereocenters. The van der Waals surface area contributed by atoms with Gasteiger partial charge < -0.3 is 4.98 Å². The molecule has 5 nitrogen and oxygen atoms in total. The summed E-state index contributed by atoms with van der Waals surface area (Å²) in [5, 5.41) is 0.876. The fourth-order valence-electron chi connectivity index (χ4n) is 3.71. The van der Waals surface area contributed by atoms with Crippen LogP contribution in [0, 0.1) is 6.92 Å². The number of hydrogen-bond donors (Lipinski definition) is 1. The minimum Gasteiger partial charge on any atom is -0.321 e. The Bertz CT molecular complexity index is 1420. The standard InChI is InChI=1S/C25H23BrN2O3S/c1-18-8-7-11-20-16-21(25(29)27-24(18)20)17-28(15-14-19-9-3-2-4-10-19)32(30,31)23-13-6-5-12-22(23)26/h2-13,16H,14-15,17H2,1H3,(H,27,29). The summed E-state index contributed by atoms with van der Waals surface area (Å²) in [6.45, 7) is 2.16. The fraction of sp³-hybridized carbons (Fsp3) is 0.160. The van der Waals surface area contributed by atoms with E-state index in [1.807, 2.05) is 55.5 Å². The third-order valence-electron chi connectivity index (χ3n) is 5.46. The molecule has 0 aliphatic rings. The van der Waals surface area contributed by atoms with Gasteiger partial charge >= 0.3 is 0 Å². The van der Waals surface area contributed by atoms with Gasteiger partial charge in [-0.1, -0.05) is 60.7 Å². The summed E-state index contributed by atoms with van der Waals surface area (Å²) in [6.07, 6.45) is 0.537. The van der Waals surface area contributed by atoms with Crippen LogP contribution in [-0.2, 0) is 23.0 Å². The smallest absolute Gasteiger partial charge is 0.252 e. The molecule has 3 aromatic carbocycles. The molecule has 7 heteroatoms. The average Bonchev–Trinajstić information content (AvgIpc) is 2.78. The molecule has 0 atom stereocenters. The fourth-order valence-corrected chi connectivity index (χ4v) is 6.09. The van der Waals surface area contributed by atoms with E-state index in [0.29, 0.717) is 16.5 Å². The third-order valence-corrected chi connectivity index (χ3v) is 8.32. The number of H-pyrrole nitrogens is 1. The molecule has 0 saturated carbocycles. The molecule has 0 radical (unpaired) electrons. The Morgan fingerprint density at radius 3 is 2.41 bits per heavy atom. The van der Waals surface area contributed by atoms with Crippen LogP contribution in [0.25, 0.3) is 10.9 Å². The second-order valence-electron chi connectivity index (χ2n) is 7.67. The van der Waals surface area contributed by atoms with Crippen molar-refractivity contribution < 1.29 is 8.42 Å². The van der Waals surface area contributed by atoms with E-state index in [-0.39, 0.29) is 23.5 Å². The van der Waals surface area contributed by atoms with Gasteiger partial charge in [0.25, 0.3) is 5.56 Å². The largest absolute Gasteiger partial charge is 0.321 e. The van der Waals surface area contributed by atoms with Gasteiger partial charge in [-0.05, 0) is 64.0 Å². The highest BCUT2D eigenvalue weighted by Crippen LogP contribution is 2.26. The lowest BCUT2D eigenvalue weighted by Gasteiger charge is -2.23. The zero-order valence-electron chi connectivity index (χ0n) is 17.6. The maximum Gasteiger partial charge on any atom is 0.252 e. The van der Waals surface area contributed by atoms with Crippen LogP contribution < -0.4 is 5.56 Å². The summed E-state index contributed by atoms with van der Waals surface area (Å²) in [6, 6.07) is 24.0. The highest BCUT2D eigenvalue weighted by atomic mass is 79.9. The number of aromatic amines is 1. The number of pyridine rings is 1. The second-order valence-corrected chi connectivity index (χ2v) is 10.4. The van der Waals surface area contributed by atoms with Crippen molar-refractivity contribution in [3.05, 3.63) is 110 Å². The number of nitrogens with one attached hydrogen (secondary N) is 1. The summed E-state index contributed by atoms with van der Waals surface area (Å²) in [5.41, 5.74) is 2.90. The minimum absolute atomic E-state index is 0.0181. The average molecular weight is 511 g/mol. The summed E-state index contributed by atoms with van der Waals surface area (Å²) in [7, 11) is -3.84. The maximum atomic E-state index is 13.6. The van der Waals surface area contributed by atoms with Crippen molar-refractivity contribution in [2.24, 2.45) is 0 Å². The number of rotatable bonds is 7. The topological polar surface area (TPSA) is 70.2 Å². The SMILES string of the molecule is Cc1cccc2cc(CN(CCc3ccccc3)S(=O)(=O)c3ccccc3Br)c(=O)[nH]c12. The van der Waals surface area contributed by atoms with Crippen LogP contribution in [0.5, 0.6) is 0 Å². The first-order valence-corrected chi connectivity index (χ1v) is 12.5. The number of hydrogen-bond acceptors (Lipinski definition) is 3. The van der Waals surface area contributed by atoms with Crippen LogP contribution in [-0.4, -0.2) is 24.3 Å². The van der Waals surface area contributed by atoms with Gasteiger partial charge in [-0.2, -0.15) is 4.31 Å². The summed E-state index contributed by atoms with van der Waals surface area (Å²) < 4.78 is 29.1. The van der Waals surface area contributed by atoms with Gasteiger partial charge in [0.1, 0.15) is 0 Å².